The van der Waals surface area contributed by atoms with E-state index in [1.54, 1.807) is 11.3 Å². The summed E-state index contributed by atoms with van der Waals surface area (Å²) < 4.78 is 2.37. The maximum absolute atomic E-state index is 4.67. The van der Waals surface area contributed by atoms with Gasteiger partial charge in [0, 0.05) is 10.5 Å². The first kappa shape index (κ1) is 13.4. The number of benzene rings is 1. The van der Waals surface area contributed by atoms with Crippen molar-refractivity contribution < 1.29 is 0 Å². The summed E-state index contributed by atoms with van der Waals surface area (Å²) in [5, 5.41) is 4.70. The average Bonchev–Trinajstić information content (AvgIpc) is 2.81. The Balaban J connectivity index is 1.68. The molecule has 1 aromatic heterocycles. The molecule has 1 fully saturated rings. The van der Waals surface area contributed by atoms with E-state index in [2.05, 4.69) is 51.4 Å². The van der Waals surface area contributed by atoms with Crippen LogP contribution in [-0.2, 0) is 0 Å². The lowest BCUT2D eigenvalue weighted by Crippen LogP contribution is -2.25. The molecule has 1 heterocycles. The normalized spacial score (nSPS) is 23.7. The number of rotatable bonds is 3. The summed E-state index contributed by atoms with van der Waals surface area (Å²) in [4.78, 5) is 4.67. The van der Waals surface area contributed by atoms with Crippen LogP contribution in [0, 0.1) is 5.92 Å². The van der Waals surface area contributed by atoms with Gasteiger partial charge in [-0.05, 0) is 49.8 Å². The fourth-order valence-electron chi connectivity index (χ4n) is 2.85. The minimum Gasteiger partial charge on any atom is -0.359 e. The van der Waals surface area contributed by atoms with E-state index in [4.69, 9.17) is 0 Å². The molecule has 4 heteroatoms. The number of aromatic nitrogens is 1. The third-order valence-electron chi connectivity index (χ3n) is 4.10. The molecule has 102 valence electrons. The van der Waals surface area contributed by atoms with Crippen molar-refractivity contribution in [2.45, 2.75) is 45.1 Å². The molecule has 0 unspecified atom stereocenters. The van der Waals surface area contributed by atoms with Gasteiger partial charge in [-0.25, -0.2) is 4.98 Å². The summed E-state index contributed by atoms with van der Waals surface area (Å²) >= 11 is 5.27. The molecule has 0 atom stereocenters. The van der Waals surface area contributed by atoms with Gasteiger partial charge < -0.3 is 5.32 Å². The third kappa shape index (κ3) is 3.11. The van der Waals surface area contributed by atoms with Crippen LogP contribution >= 0.6 is 27.3 Å². The monoisotopic (exact) mass is 338 g/mol. The van der Waals surface area contributed by atoms with Crippen molar-refractivity contribution in [2.75, 3.05) is 5.32 Å². The van der Waals surface area contributed by atoms with Gasteiger partial charge in [0.1, 0.15) is 0 Å². The highest BCUT2D eigenvalue weighted by Gasteiger charge is 2.20. The Morgan fingerprint density at radius 1 is 1.32 bits per heavy atom. The Bertz CT molecular complexity index is 558. The van der Waals surface area contributed by atoms with Crippen molar-refractivity contribution >= 4 is 42.6 Å². The second kappa shape index (κ2) is 5.80. The number of anilines is 1. The van der Waals surface area contributed by atoms with Crippen LogP contribution in [-0.4, -0.2) is 11.0 Å². The second-order valence-corrected chi connectivity index (χ2v) is 7.35. The highest BCUT2D eigenvalue weighted by Crippen LogP contribution is 2.32. The van der Waals surface area contributed by atoms with Crippen molar-refractivity contribution in [1.82, 2.24) is 4.98 Å². The van der Waals surface area contributed by atoms with Crippen LogP contribution in [0.1, 0.15) is 39.0 Å². The van der Waals surface area contributed by atoms with Crippen LogP contribution in [0.5, 0.6) is 0 Å². The Morgan fingerprint density at radius 2 is 2.11 bits per heavy atom. The second-order valence-electron chi connectivity index (χ2n) is 5.40. The first-order chi connectivity index (χ1) is 9.24. The fourth-order valence-corrected chi connectivity index (χ4v) is 4.34. The first-order valence-corrected chi connectivity index (χ1v) is 8.68. The predicted molar refractivity (Wildman–Crippen MR) is 87.0 cm³/mol. The summed E-state index contributed by atoms with van der Waals surface area (Å²) in [6.45, 7) is 2.31. The average molecular weight is 339 g/mol. The van der Waals surface area contributed by atoms with Crippen molar-refractivity contribution in [3.63, 3.8) is 0 Å². The topological polar surface area (TPSA) is 24.9 Å². The lowest BCUT2D eigenvalue weighted by atomic mass is 9.85. The van der Waals surface area contributed by atoms with Crippen molar-refractivity contribution in [3.8, 4) is 0 Å². The highest BCUT2D eigenvalue weighted by atomic mass is 79.9. The van der Waals surface area contributed by atoms with Crippen LogP contribution < -0.4 is 5.32 Å². The van der Waals surface area contributed by atoms with Crippen LogP contribution in [0.2, 0.25) is 0 Å². The van der Waals surface area contributed by atoms with E-state index in [0.717, 1.165) is 21.0 Å². The van der Waals surface area contributed by atoms with Gasteiger partial charge in [0.05, 0.1) is 10.2 Å². The summed E-state index contributed by atoms with van der Waals surface area (Å²) in [5.74, 6) is 0.948. The smallest absolute Gasteiger partial charge is 0.184 e. The van der Waals surface area contributed by atoms with Crippen LogP contribution in [0.4, 0.5) is 5.13 Å². The molecule has 2 nitrogen and oxygen atoms in total. The maximum Gasteiger partial charge on any atom is 0.184 e. The van der Waals surface area contributed by atoms with E-state index in [1.165, 1.54) is 36.8 Å². The Morgan fingerprint density at radius 3 is 2.84 bits per heavy atom. The largest absolute Gasteiger partial charge is 0.359 e. The van der Waals surface area contributed by atoms with Crippen molar-refractivity contribution in [3.05, 3.63) is 22.7 Å². The molecule has 1 aliphatic carbocycles. The fraction of sp³-hybridized carbons (Fsp3) is 0.533. The van der Waals surface area contributed by atoms with Gasteiger partial charge in [-0.15, -0.1) is 0 Å². The third-order valence-corrected chi connectivity index (χ3v) is 5.54. The Kier molecular flexibility index (Phi) is 4.08. The number of hydrogen-bond donors (Lipinski definition) is 1. The molecule has 0 radical (unpaired) electrons. The Labute approximate surface area is 126 Å². The number of nitrogens with zero attached hydrogens (tertiary/aromatic N) is 1. The molecule has 1 N–H and O–H groups in total. The molecule has 1 aromatic carbocycles. The molecule has 0 bridgehead atoms. The zero-order valence-electron chi connectivity index (χ0n) is 11.2. The molecule has 0 amide bonds. The summed E-state index contributed by atoms with van der Waals surface area (Å²) in [5.41, 5.74) is 1.10. The molecule has 1 aliphatic rings. The van der Waals surface area contributed by atoms with Crippen molar-refractivity contribution in [2.24, 2.45) is 5.92 Å². The number of hydrogen-bond acceptors (Lipinski definition) is 3. The zero-order valence-corrected chi connectivity index (χ0v) is 13.6. The van der Waals surface area contributed by atoms with Gasteiger partial charge in [-0.3, -0.25) is 0 Å². The molecule has 1 saturated carbocycles. The lowest BCUT2D eigenvalue weighted by molar-refractivity contribution is 0.330. The first-order valence-electron chi connectivity index (χ1n) is 7.07. The summed E-state index contributed by atoms with van der Waals surface area (Å²) in [7, 11) is 0. The van der Waals surface area contributed by atoms with E-state index in [9.17, 15) is 0 Å². The van der Waals surface area contributed by atoms with Crippen LogP contribution in [0.25, 0.3) is 10.2 Å². The van der Waals surface area contributed by atoms with Crippen molar-refractivity contribution in [1.29, 1.82) is 0 Å². The Hall–Kier alpha value is -0.610. The van der Waals surface area contributed by atoms with E-state index >= 15 is 0 Å². The lowest BCUT2D eigenvalue weighted by Gasteiger charge is -2.28. The highest BCUT2D eigenvalue weighted by molar-refractivity contribution is 9.10. The van der Waals surface area contributed by atoms with Crippen LogP contribution in [0.3, 0.4) is 0 Å². The van der Waals surface area contributed by atoms with E-state index in [1.807, 2.05) is 0 Å². The minimum atomic E-state index is 0.617. The number of nitrogens with one attached hydrogen (secondary N) is 1. The molecule has 3 rings (SSSR count). The summed E-state index contributed by atoms with van der Waals surface area (Å²) in [6.07, 6.45) is 6.65. The van der Waals surface area contributed by atoms with Gasteiger partial charge >= 0.3 is 0 Å². The number of thiazole rings is 1. The standard InChI is InChI=1S/C15H19BrN2S/c1-2-10-3-6-12(7-4-10)17-15-18-13-8-5-11(16)9-14(13)19-15/h5,8-10,12H,2-4,6-7H2,1H3,(H,17,18). The van der Waals surface area contributed by atoms with Gasteiger partial charge in [0.2, 0.25) is 0 Å². The van der Waals surface area contributed by atoms with E-state index in [0.29, 0.717) is 6.04 Å². The quantitative estimate of drug-likeness (QED) is 0.805. The van der Waals surface area contributed by atoms with Gasteiger partial charge in [0.15, 0.2) is 5.13 Å². The maximum atomic E-state index is 4.67. The number of fused-ring (bicyclic) bond motifs is 1. The van der Waals surface area contributed by atoms with E-state index < -0.39 is 0 Å². The van der Waals surface area contributed by atoms with Crippen LogP contribution in [0.15, 0.2) is 22.7 Å². The molecule has 2 aromatic rings. The minimum absolute atomic E-state index is 0.617. The molecular weight excluding hydrogens is 320 g/mol. The molecule has 0 saturated heterocycles. The molecular formula is C15H19BrN2S. The van der Waals surface area contributed by atoms with E-state index in [-0.39, 0.29) is 0 Å². The van der Waals surface area contributed by atoms with Gasteiger partial charge in [-0.2, -0.15) is 0 Å². The zero-order chi connectivity index (χ0) is 13.2. The van der Waals surface area contributed by atoms with Gasteiger partial charge in [0.25, 0.3) is 0 Å². The molecule has 19 heavy (non-hydrogen) atoms. The number of halogens is 1. The molecule has 0 spiro atoms. The SMILES string of the molecule is CCC1CCC(Nc2nc3ccc(Br)cc3s2)CC1. The predicted octanol–water partition coefficient (Wildman–Crippen LogP) is 5.44. The molecule has 0 aliphatic heterocycles. The summed E-state index contributed by atoms with van der Waals surface area (Å²) in [6, 6.07) is 6.89. The van der Waals surface area contributed by atoms with Gasteiger partial charge in [-0.1, -0.05) is 40.6 Å².